The van der Waals surface area contributed by atoms with E-state index < -0.39 is 5.91 Å². The zero-order valence-electron chi connectivity index (χ0n) is 13.1. The van der Waals surface area contributed by atoms with Crippen LogP contribution in [0.3, 0.4) is 0 Å². The highest BCUT2D eigenvalue weighted by Gasteiger charge is 2.19. The molecular formula is C18H12BrN4O2. The Bertz CT molecular complexity index is 1030. The molecule has 0 bridgehead atoms. The fourth-order valence-corrected chi connectivity index (χ4v) is 2.86. The van der Waals surface area contributed by atoms with Crippen molar-refractivity contribution in [1.29, 1.82) is 5.26 Å². The second-order valence-electron chi connectivity index (χ2n) is 5.12. The quantitative estimate of drug-likeness (QED) is 0.703. The summed E-state index contributed by atoms with van der Waals surface area (Å²) in [5.74, 6) is 0.00324. The van der Waals surface area contributed by atoms with E-state index in [9.17, 15) is 10.1 Å². The number of nitrogens with zero attached hydrogens (tertiary/aromatic N) is 2. The number of nitrogens with two attached hydrogens (primary N) is 1. The lowest BCUT2D eigenvalue weighted by Crippen LogP contribution is -2.15. The third-order valence-corrected chi connectivity index (χ3v) is 4.05. The Kier molecular flexibility index (Phi) is 4.55. The van der Waals surface area contributed by atoms with Gasteiger partial charge in [-0.2, -0.15) is 5.26 Å². The van der Waals surface area contributed by atoms with Gasteiger partial charge in [-0.3, -0.25) is 4.79 Å². The number of carbonyl (C=O) groups is 1. The molecule has 0 saturated carbocycles. The number of benzene rings is 2. The molecule has 1 heterocycles. The van der Waals surface area contributed by atoms with Crippen LogP contribution in [0.2, 0.25) is 0 Å². The molecule has 0 atom stereocenters. The average molecular weight is 396 g/mol. The summed E-state index contributed by atoms with van der Waals surface area (Å²) in [7, 11) is 1.51. The number of carbonyl (C=O) groups excluding carboxylic acids is 1. The summed E-state index contributed by atoms with van der Waals surface area (Å²) in [6.07, 6.45) is 0. The number of rotatable bonds is 4. The second-order valence-corrected chi connectivity index (χ2v) is 6.04. The number of pyridine rings is 1. The van der Waals surface area contributed by atoms with Crippen molar-refractivity contribution in [3.8, 4) is 11.8 Å². The number of anilines is 2. The van der Waals surface area contributed by atoms with Gasteiger partial charge in [0.05, 0.1) is 18.2 Å². The Hall–Kier alpha value is -3.11. The molecule has 123 valence electrons. The van der Waals surface area contributed by atoms with Gasteiger partial charge in [-0.05, 0) is 24.3 Å². The van der Waals surface area contributed by atoms with Gasteiger partial charge < -0.3 is 15.8 Å². The number of hydrogen-bond acceptors (Lipinski definition) is 5. The van der Waals surface area contributed by atoms with E-state index in [1.54, 1.807) is 12.1 Å². The molecule has 0 spiro atoms. The van der Waals surface area contributed by atoms with Crippen LogP contribution in [0.4, 0.5) is 11.5 Å². The van der Waals surface area contributed by atoms with Crippen molar-refractivity contribution in [3.05, 3.63) is 58.1 Å². The predicted molar refractivity (Wildman–Crippen MR) is 97.8 cm³/mol. The molecule has 3 aromatic rings. The summed E-state index contributed by atoms with van der Waals surface area (Å²) in [4.78, 5) is 16.4. The van der Waals surface area contributed by atoms with Gasteiger partial charge in [0.25, 0.3) is 5.91 Å². The van der Waals surface area contributed by atoms with E-state index in [0.717, 1.165) is 4.47 Å². The minimum atomic E-state index is -0.709. The van der Waals surface area contributed by atoms with Crippen LogP contribution in [0, 0.1) is 17.4 Å². The molecule has 0 saturated heterocycles. The minimum Gasteiger partial charge on any atom is -0.496 e. The fraction of sp³-hybridized carbons (Fsp3) is 0.0556. The number of ether oxygens (including phenoxy) is 1. The molecular weight excluding hydrogens is 384 g/mol. The van der Waals surface area contributed by atoms with E-state index in [2.05, 4.69) is 32.3 Å². The molecule has 7 heteroatoms. The summed E-state index contributed by atoms with van der Waals surface area (Å²) in [6.45, 7) is 0. The summed E-state index contributed by atoms with van der Waals surface area (Å²) < 4.78 is 6.01. The van der Waals surface area contributed by atoms with Gasteiger partial charge >= 0.3 is 0 Å². The molecule has 6 nitrogen and oxygen atoms in total. The Morgan fingerprint density at radius 2 is 2.24 bits per heavy atom. The van der Waals surface area contributed by atoms with E-state index in [0.29, 0.717) is 22.3 Å². The standard InChI is InChI=1S/C18H12BrN4O2/c1-25-12-5-6-13-15(8-12)23-18(14(9-20)16(13)17(21)24)22-11-4-2-3-10(19)7-11/h2-4,6-8H,1H3,(H2,21,24)(H,22,23). The molecule has 1 aromatic heterocycles. The predicted octanol–water partition coefficient (Wildman–Crippen LogP) is 3.52. The highest BCUT2D eigenvalue weighted by atomic mass is 79.9. The van der Waals surface area contributed by atoms with Gasteiger partial charge in [0, 0.05) is 27.7 Å². The normalized spacial score (nSPS) is 10.3. The summed E-state index contributed by atoms with van der Waals surface area (Å²) in [5, 5.41) is 13.1. The largest absolute Gasteiger partial charge is 0.496 e. The van der Waals surface area contributed by atoms with E-state index >= 15 is 0 Å². The van der Waals surface area contributed by atoms with Crippen molar-refractivity contribution >= 4 is 44.2 Å². The molecule has 1 amide bonds. The van der Waals surface area contributed by atoms with E-state index in [-0.39, 0.29) is 16.9 Å². The van der Waals surface area contributed by atoms with Gasteiger partial charge in [0.15, 0.2) is 0 Å². The minimum absolute atomic E-state index is 0.0820. The maximum absolute atomic E-state index is 12.0. The fourth-order valence-electron chi connectivity index (χ4n) is 2.46. The van der Waals surface area contributed by atoms with Crippen LogP contribution in [0.1, 0.15) is 15.9 Å². The van der Waals surface area contributed by atoms with Gasteiger partial charge in [-0.15, -0.1) is 0 Å². The zero-order chi connectivity index (χ0) is 18.0. The van der Waals surface area contributed by atoms with E-state index in [4.69, 9.17) is 10.5 Å². The van der Waals surface area contributed by atoms with Crippen LogP contribution < -0.4 is 15.8 Å². The molecule has 0 aliphatic carbocycles. The number of primary amides is 1. The third kappa shape index (κ3) is 3.25. The van der Waals surface area contributed by atoms with E-state index in [1.807, 2.05) is 30.3 Å². The van der Waals surface area contributed by atoms with Gasteiger partial charge in [0.1, 0.15) is 23.2 Å². The Balaban J connectivity index is 2.26. The van der Waals surface area contributed by atoms with Crippen molar-refractivity contribution in [1.82, 2.24) is 4.98 Å². The number of halogens is 1. The maximum Gasteiger partial charge on any atom is 0.250 e. The van der Waals surface area contributed by atoms with Gasteiger partial charge in [0.2, 0.25) is 0 Å². The van der Waals surface area contributed by atoms with Crippen LogP contribution in [0.15, 0.2) is 40.9 Å². The number of amides is 1. The lowest BCUT2D eigenvalue weighted by Gasteiger charge is -2.13. The van der Waals surface area contributed by atoms with E-state index in [1.165, 1.54) is 7.11 Å². The number of nitriles is 1. The summed E-state index contributed by atoms with van der Waals surface area (Å²) in [6, 6.07) is 15.4. The van der Waals surface area contributed by atoms with Crippen molar-refractivity contribution in [2.45, 2.75) is 0 Å². The van der Waals surface area contributed by atoms with Crippen LogP contribution in [0.25, 0.3) is 10.9 Å². The molecule has 3 N–H and O–H groups in total. The summed E-state index contributed by atoms with van der Waals surface area (Å²) >= 11 is 3.39. The van der Waals surface area contributed by atoms with Crippen LogP contribution in [-0.4, -0.2) is 18.0 Å². The van der Waals surface area contributed by atoms with Gasteiger partial charge in [-0.25, -0.2) is 4.98 Å². The number of fused-ring (bicyclic) bond motifs is 1. The number of hydrogen-bond donors (Lipinski definition) is 2. The lowest BCUT2D eigenvalue weighted by molar-refractivity contribution is 0.100. The topological polar surface area (TPSA) is 101 Å². The third-order valence-electron chi connectivity index (χ3n) is 3.56. The molecule has 0 aliphatic rings. The Labute approximate surface area is 152 Å². The van der Waals surface area contributed by atoms with Crippen molar-refractivity contribution in [2.24, 2.45) is 5.73 Å². The zero-order valence-corrected chi connectivity index (χ0v) is 14.7. The smallest absolute Gasteiger partial charge is 0.250 e. The maximum atomic E-state index is 12.0. The monoisotopic (exact) mass is 395 g/mol. The number of methoxy groups -OCH3 is 1. The molecule has 2 aromatic carbocycles. The highest BCUT2D eigenvalue weighted by Crippen LogP contribution is 2.30. The van der Waals surface area contributed by atoms with Gasteiger partial charge in [-0.1, -0.05) is 22.0 Å². The first-order valence-corrected chi connectivity index (χ1v) is 7.98. The van der Waals surface area contributed by atoms with Crippen molar-refractivity contribution < 1.29 is 9.53 Å². The molecule has 25 heavy (non-hydrogen) atoms. The van der Waals surface area contributed by atoms with Crippen LogP contribution in [0.5, 0.6) is 5.75 Å². The van der Waals surface area contributed by atoms with Crippen LogP contribution in [-0.2, 0) is 0 Å². The number of aromatic nitrogens is 1. The molecule has 0 unspecified atom stereocenters. The first-order valence-electron chi connectivity index (χ1n) is 7.19. The SMILES string of the molecule is COc1[c]cc2c(C(N)=O)c(C#N)c(Nc3cccc(Br)c3)nc2c1. The first kappa shape index (κ1) is 16.7. The molecule has 3 rings (SSSR count). The first-order chi connectivity index (χ1) is 12.0. The second kappa shape index (κ2) is 6.79. The van der Waals surface area contributed by atoms with Crippen LogP contribution >= 0.6 is 15.9 Å². The van der Waals surface area contributed by atoms with Crippen molar-refractivity contribution in [3.63, 3.8) is 0 Å². The van der Waals surface area contributed by atoms with Crippen molar-refractivity contribution in [2.75, 3.05) is 12.4 Å². The number of nitrogens with one attached hydrogen (secondary N) is 1. The Morgan fingerprint density at radius 1 is 1.44 bits per heavy atom. The average Bonchev–Trinajstić information content (AvgIpc) is 2.59. The summed E-state index contributed by atoms with van der Waals surface area (Å²) in [5.41, 5.74) is 6.88. The Morgan fingerprint density at radius 3 is 2.88 bits per heavy atom. The lowest BCUT2D eigenvalue weighted by atomic mass is 10.0. The molecule has 0 aliphatic heterocycles. The highest BCUT2D eigenvalue weighted by molar-refractivity contribution is 9.10. The molecule has 0 fully saturated rings. The molecule has 1 radical (unpaired) electrons.